The van der Waals surface area contributed by atoms with Crippen molar-refractivity contribution in [3.8, 4) is 23.1 Å². The van der Waals surface area contributed by atoms with Crippen molar-refractivity contribution < 1.29 is 5.11 Å². The maximum atomic E-state index is 12.4. The van der Waals surface area contributed by atoms with Gasteiger partial charge in [-0.1, -0.05) is 37.3 Å². The lowest BCUT2D eigenvalue weighted by atomic mass is 10.0. The molecular weight excluding hydrogens is 252 g/mol. The number of rotatable bonds is 3. The van der Waals surface area contributed by atoms with Crippen molar-refractivity contribution in [2.24, 2.45) is 0 Å². The largest absolute Gasteiger partial charge is 0.494 e. The van der Waals surface area contributed by atoms with Gasteiger partial charge in [-0.25, -0.2) is 0 Å². The monoisotopic (exact) mass is 268 g/mol. The van der Waals surface area contributed by atoms with Gasteiger partial charge in [0.25, 0.3) is 5.56 Å². The standard InChI is InChI=1S/C16H16N2O2/c1-3-11(2)18-15(19)9-13(14(10-17)16(18)20)12-7-5-4-6-8-12/h4-9,11,19H,3H2,1-2H3. The number of hydrogen-bond donors (Lipinski definition) is 1. The third-order valence-electron chi connectivity index (χ3n) is 3.45. The minimum atomic E-state index is -0.444. The van der Waals surface area contributed by atoms with Gasteiger partial charge in [0.05, 0.1) is 0 Å². The highest BCUT2D eigenvalue weighted by molar-refractivity contribution is 5.70. The van der Waals surface area contributed by atoms with E-state index in [1.807, 2.05) is 50.2 Å². The average molecular weight is 268 g/mol. The van der Waals surface area contributed by atoms with Crippen LogP contribution in [-0.2, 0) is 0 Å². The third-order valence-corrected chi connectivity index (χ3v) is 3.45. The van der Waals surface area contributed by atoms with Gasteiger partial charge in [0.1, 0.15) is 11.6 Å². The molecule has 2 rings (SSSR count). The first kappa shape index (κ1) is 13.9. The van der Waals surface area contributed by atoms with Gasteiger partial charge in [-0.3, -0.25) is 9.36 Å². The molecule has 0 bridgehead atoms. The summed E-state index contributed by atoms with van der Waals surface area (Å²) in [5, 5.41) is 19.4. The molecule has 1 aromatic carbocycles. The van der Waals surface area contributed by atoms with Gasteiger partial charge in [-0.05, 0) is 18.9 Å². The molecule has 1 heterocycles. The number of benzene rings is 1. The number of hydrogen-bond acceptors (Lipinski definition) is 3. The zero-order valence-corrected chi connectivity index (χ0v) is 11.5. The molecule has 1 unspecified atom stereocenters. The highest BCUT2D eigenvalue weighted by atomic mass is 16.3. The summed E-state index contributed by atoms with van der Waals surface area (Å²) in [7, 11) is 0. The van der Waals surface area contributed by atoms with Gasteiger partial charge in [0.2, 0.25) is 0 Å². The summed E-state index contributed by atoms with van der Waals surface area (Å²) < 4.78 is 1.27. The molecule has 0 saturated heterocycles. The first-order valence-electron chi connectivity index (χ1n) is 6.54. The Morgan fingerprint density at radius 1 is 1.35 bits per heavy atom. The topological polar surface area (TPSA) is 66.0 Å². The van der Waals surface area contributed by atoms with Crippen LogP contribution < -0.4 is 5.56 Å². The average Bonchev–Trinajstić information content (AvgIpc) is 2.47. The summed E-state index contributed by atoms with van der Waals surface area (Å²) >= 11 is 0. The molecule has 20 heavy (non-hydrogen) atoms. The fourth-order valence-electron chi connectivity index (χ4n) is 2.17. The van der Waals surface area contributed by atoms with Gasteiger partial charge in [-0.15, -0.1) is 0 Å². The van der Waals surface area contributed by atoms with Crippen LogP contribution in [0.4, 0.5) is 0 Å². The van der Waals surface area contributed by atoms with Gasteiger partial charge in [0.15, 0.2) is 5.88 Å². The SMILES string of the molecule is CCC(C)n1c(O)cc(-c2ccccc2)c(C#N)c1=O. The lowest BCUT2D eigenvalue weighted by Crippen LogP contribution is -2.25. The van der Waals surface area contributed by atoms with Gasteiger partial charge in [0, 0.05) is 17.7 Å². The first-order valence-corrected chi connectivity index (χ1v) is 6.54. The molecule has 4 heteroatoms. The first-order chi connectivity index (χ1) is 9.60. The maximum Gasteiger partial charge on any atom is 0.272 e. The molecule has 0 aliphatic rings. The molecule has 4 nitrogen and oxygen atoms in total. The molecule has 0 aliphatic heterocycles. The summed E-state index contributed by atoms with van der Waals surface area (Å²) in [5.74, 6) is -0.109. The molecule has 1 aromatic heterocycles. The van der Waals surface area contributed by atoms with Crippen molar-refractivity contribution in [3.63, 3.8) is 0 Å². The Hall–Kier alpha value is -2.54. The van der Waals surface area contributed by atoms with Gasteiger partial charge in [-0.2, -0.15) is 5.26 Å². The Balaban J connectivity index is 2.75. The van der Waals surface area contributed by atoms with Crippen LogP contribution in [0.2, 0.25) is 0 Å². The predicted molar refractivity (Wildman–Crippen MR) is 77.5 cm³/mol. The fraction of sp³-hybridized carbons (Fsp3) is 0.250. The van der Waals surface area contributed by atoms with E-state index in [-0.39, 0.29) is 17.5 Å². The Morgan fingerprint density at radius 2 is 2.00 bits per heavy atom. The van der Waals surface area contributed by atoms with E-state index in [1.165, 1.54) is 10.6 Å². The van der Waals surface area contributed by atoms with Crippen LogP contribution in [0.1, 0.15) is 31.9 Å². The number of nitrogens with zero attached hydrogens (tertiary/aromatic N) is 2. The lowest BCUT2D eigenvalue weighted by Gasteiger charge is -2.17. The molecule has 0 spiro atoms. The molecular formula is C16H16N2O2. The van der Waals surface area contributed by atoms with Crippen LogP contribution >= 0.6 is 0 Å². The third kappa shape index (κ3) is 2.30. The van der Waals surface area contributed by atoms with E-state index in [9.17, 15) is 15.2 Å². The summed E-state index contributed by atoms with van der Waals surface area (Å²) in [5.41, 5.74) is 0.831. The van der Waals surface area contributed by atoms with Crippen LogP contribution in [0.25, 0.3) is 11.1 Å². The minimum Gasteiger partial charge on any atom is -0.494 e. The van der Waals surface area contributed by atoms with Gasteiger partial charge >= 0.3 is 0 Å². The van der Waals surface area contributed by atoms with Crippen LogP contribution in [0.5, 0.6) is 5.88 Å². The molecule has 0 saturated carbocycles. The Bertz CT molecular complexity index is 712. The highest BCUT2D eigenvalue weighted by Gasteiger charge is 2.18. The summed E-state index contributed by atoms with van der Waals surface area (Å²) in [4.78, 5) is 12.4. The normalized spacial score (nSPS) is 11.8. The maximum absolute atomic E-state index is 12.4. The van der Waals surface area contributed by atoms with E-state index in [2.05, 4.69) is 0 Å². The Kier molecular flexibility index (Phi) is 3.90. The summed E-state index contributed by atoms with van der Waals surface area (Å²) in [6.07, 6.45) is 0.697. The Morgan fingerprint density at radius 3 is 2.55 bits per heavy atom. The molecule has 0 amide bonds. The zero-order chi connectivity index (χ0) is 14.7. The van der Waals surface area contributed by atoms with E-state index < -0.39 is 5.56 Å². The molecule has 0 aliphatic carbocycles. The number of nitriles is 1. The van der Waals surface area contributed by atoms with Crippen LogP contribution in [0.3, 0.4) is 0 Å². The van der Waals surface area contributed by atoms with Crippen LogP contribution in [0, 0.1) is 11.3 Å². The zero-order valence-electron chi connectivity index (χ0n) is 11.5. The highest BCUT2D eigenvalue weighted by Crippen LogP contribution is 2.26. The minimum absolute atomic E-state index is 0.0642. The summed E-state index contributed by atoms with van der Waals surface area (Å²) in [6.45, 7) is 3.76. The quantitative estimate of drug-likeness (QED) is 0.930. The van der Waals surface area contributed by atoms with Crippen molar-refractivity contribution in [2.75, 3.05) is 0 Å². The van der Waals surface area contributed by atoms with E-state index >= 15 is 0 Å². The van der Waals surface area contributed by atoms with E-state index in [1.54, 1.807) is 0 Å². The van der Waals surface area contributed by atoms with Crippen molar-refractivity contribution in [1.29, 1.82) is 5.26 Å². The molecule has 2 aromatic rings. The van der Waals surface area contributed by atoms with Crippen LogP contribution in [-0.4, -0.2) is 9.67 Å². The van der Waals surface area contributed by atoms with Crippen molar-refractivity contribution in [1.82, 2.24) is 4.57 Å². The number of pyridine rings is 1. The lowest BCUT2D eigenvalue weighted by molar-refractivity contribution is 0.374. The van der Waals surface area contributed by atoms with Crippen molar-refractivity contribution >= 4 is 0 Å². The van der Waals surface area contributed by atoms with Crippen molar-refractivity contribution in [2.45, 2.75) is 26.3 Å². The van der Waals surface area contributed by atoms with E-state index in [4.69, 9.17) is 0 Å². The van der Waals surface area contributed by atoms with E-state index in [0.717, 1.165) is 5.56 Å². The van der Waals surface area contributed by atoms with Crippen LogP contribution in [0.15, 0.2) is 41.2 Å². The smallest absolute Gasteiger partial charge is 0.272 e. The second-order valence-corrected chi connectivity index (χ2v) is 4.70. The molecule has 0 fully saturated rings. The fourth-order valence-corrected chi connectivity index (χ4v) is 2.17. The molecule has 1 N–H and O–H groups in total. The molecule has 1 atom stereocenters. The number of aromatic nitrogens is 1. The number of aromatic hydroxyl groups is 1. The second kappa shape index (κ2) is 5.62. The van der Waals surface area contributed by atoms with E-state index in [0.29, 0.717) is 12.0 Å². The van der Waals surface area contributed by atoms with Crippen molar-refractivity contribution in [3.05, 3.63) is 52.3 Å². The summed E-state index contributed by atoms with van der Waals surface area (Å²) in [6, 6.07) is 12.4. The Labute approximate surface area is 117 Å². The van der Waals surface area contributed by atoms with Gasteiger partial charge < -0.3 is 5.11 Å². The molecule has 0 radical (unpaired) electrons. The predicted octanol–water partition coefficient (Wildman–Crippen LogP) is 3.06. The molecule has 102 valence electrons. The second-order valence-electron chi connectivity index (χ2n) is 4.70.